The first kappa shape index (κ1) is 24.2. The summed E-state index contributed by atoms with van der Waals surface area (Å²) < 4.78 is 9.09. The molecule has 1 fully saturated rings. The van der Waals surface area contributed by atoms with Crippen LogP contribution in [-0.2, 0) is 17.8 Å². The smallest absolute Gasteiger partial charge is 0.358 e. The quantitative estimate of drug-likeness (QED) is 0.331. The van der Waals surface area contributed by atoms with Crippen LogP contribution in [-0.4, -0.2) is 66.9 Å². The zero-order chi connectivity index (χ0) is 23.8. The minimum Gasteiger partial charge on any atom is -0.476 e. The maximum atomic E-state index is 11.7. The molecule has 0 saturated carbocycles. The Morgan fingerprint density at radius 3 is 2.91 bits per heavy atom. The molecule has 3 aromatic rings. The van der Waals surface area contributed by atoms with Gasteiger partial charge in [-0.05, 0) is 37.1 Å². The van der Waals surface area contributed by atoms with Gasteiger partial charge in [0, 0.05) is 50.0 Å². The van der Waals surface area contributed by atoms with Crippen LogP contribution in [0.4, 0.5) is 5.69 Å². The Balaban J connectivity index is 1.38. The highest BCUT2D eigenvalue weighted by molar-refractivity contribution is 7.99. The van der Waals surface area contributed by atoms with E-state index in [0.29, 0.717) is 32.0 Å². The predicted octanol–water partition coefficient (Wildman–Crippen LogP) is 2.89. The average molecular weight is 486 g/mol. The lowest BCUT2D eigenvalue weighted by molar-refractivity contribution is 0.0645. The van der Waals surface area contributed by atoms with Crippen LogP contribution in [0.25, 0.3) is 11.3 Å². The van der Waals surface area contributed by atoms with E-state index in [2.05, 4.69) is 15.5 Å². The van der Waals surface area contributed by atoms with Gasteiger partial charge in [-0.25, -0.2) is 4.79 Å². The summed E-state index contributed by atoms with van der Waals surface area (Å²) in [5.74, 6) is 0.998. The van der Waals surface area contributed by atoms with Crippen LogP contribution in [0.1, 0.15) is 41.5 Å². The summed E-state index contributed by atoms with van der Waals surface area (Å²) in [6, 6.07) is 5.97. The first-order valence-corrected chi connectivity index (χ1v) is 12.7. The van der Waals surface area contributed by atoms with E-state index in [1.54, 1.807) is 10.9 Å². The van der Waals surface area contributed by atoms with Crippen LogP contribution in [0, 0.1) is 0 Å². The van der Waals surface area contributed by atoms with Gasteiger partial charge in [0.1, 0.15) is 0 Å². The number of aryl methyl sites for hydroxylation is 1. The Hall–Kier alpha value is -2.89. The van der Waals surface area contributed by atoms with Crippen molar-refractivity contribution in [3.05, 3.63) is 48.2 Å². The number of nitrogens with one attached hydrogen (secondary N) is 1. The monoisotopic (exact) mass is 485 g/mol. The Morgan fingerprint density at radius 2 is 2.12 bits per heavy atom. The zero-order valence-corrected chi connectivity index (χ0v) is 19.9. The van der Waals surface area contributed by atoms with Gasteiger partial charge in [0.15, 0.2) is 5.69 Å². The number of thioether (sulfide) groups is 1. The second-order valence-corrected chi connectivity index (χ2v) is 9.36. The van der Waals surface area contributed by atoms with Crippen molar-refractivity contribution in [3.63, 3.8) is 0 Å². The fourth-order valence-electron chi connectivity index (χ4n) is 3.87. The van der Waals surface area contributed by atoms with Crippen molar-refractivity contribution in [3.8, 4) is 11.3 Å². The van der Waals surface area contributed by atoms with Gasteiger partial charge in [-0.15, -0.1) is 0 Å². The molecule has 0 aliphatic carbocycles. The van der Waals surface area contributed by atoms with Crippen molar-refractivity contribution >= 4 is 23.4 Å². The van der Waals surface area contributed by atoms with E-state index in [1.807, 2.05) is 47.0 Å². The predicted molar refractivity (Wildman–Crippen MR) is 132 cm³/mol. The van der Waals surface area contributed by atoms with Crippen molar-refractivity contribution < 1.29 is 14.6 Å². The molecule has 4 N–H and O–H groups in total. The van der Waals surface area contributed by atoms with Crippen LogP contribution in [0.2, 0.25) is 0 Å². The van der Waals surface area contributed by atoms with Gasteiger partial charge in [-0.2, -0.15) is 22.0 Å². The van der Waals surface area contributed by atoms with Crippen LogP contribution in [0.5, 0.6) is 0 Å². The topological polar surface area (TPSA) is 133 Å². The van der Waals surface area contributed by atoms with Gasteiger partial charge in [0.05, 0.1) is 35.9 Å². The van der Waals surface area contributed by atoms with Crippen molar-refractivity contribution in [2.45, 2.75) is 38.4 Å². The molecule has 0 spiro atoms. The molecule has 4 rings (SSSR count). The lowest BCUT2D eigenvalue weighted by atomic mass is 10.1. The van der Waals surface area contributed by atoms with Crippen molar-refractivity contribution in [2.75, 3.05) is 36.6 Å². The second-order valence-electron chi connectivity index (χ2n) is 8.13. The Morgan fingerprint density at radius 1 is 1.26 bits per heavy atom. The minimum absolute atomic E-state index is 0.0218. The van der Waals surface area contributed by atoms with E-state index in [0.717, 1.165) is 54.3 Å². The van der Waals surface area contributed by atoms with Gasteiger partial charge < -0.3 is 20.9 Å². The van der Waals surface area contributed by atoms with Crippen LogP contribution in [0.15, 0.2) is 36.8 Å². The molecule has 3 aromatic heterocycles. The number of ether oxygens (including phenoxy) is 1. The third-order valence-electron chi connectivity index (χ3n) is 5.63. The summed E-state index contributed by atoms with van der Waals surface area (Å²) in [6.07, 6.45) is 8.30. The SMILES string of the molecule is NCCSCCCn1cc(-c2cccc(CNc3cn(C4CCOCC4)nc3C(=O)O)n2)cn1. The maximum Gasteiger partial charge on any atom is 0.358 e. The van der Waals surface area contributed by atoms with Gasteiger partial charge in [-0.1, -0.05) is 6.07 Å². The van der Waals surface area contributed by atoms with Crippen LogP contribution < -0.4 is 11.1 Å². The van der Waals surface area contributed by atoms with Crippen molar-refractivity contribution in [1.82, 2.24) is 24.5 Å². The molecule has 0 amide bonds. The van der Waals surface area contributed by atoms with Crippen molar-refractivity contribution in [2.24, 2.45) is 5.73 Å². The molecular formula is C23H31N7O3S. The number of carboxylic acid groups (broad SMARTS) is 1. The van der Waals surface area contributed by atoms with E-state index in [4.69, 9.17) is 15.5 Å². The standard InChI is InChI=1S/C23H31N7O3S/c24-7-12-34-11-2-8-29-15-17(13-26-29)20-4-1-3-18(27-20)14-25-21-16-30(28-22(21)23(31)32)19-5-9-33-10-6-19/h1,3-4,13,15-16,19,25H,2,5-12,14,24H2,(H,31,32). The fraction of sp³-hybridized carbons (Fsp3) is 0.478. The molecule has 0 atom stereocenters. The number of nitrogens with two attached hydrogens (primary N) is 1. The third kappa shape index (κ3) is 6.37. The normalized spacial score (nSPS) is 14.4. The zero-order valence-electron chi connectivity index (χ0n) is 19.1. The highest BCUT2D eigenvalue weighted by Crippen LogP contribution is 2.24. The molecule has 1 aliphatic heterocycles. The molecule has 182 valence electrons. The van der Waals surface area contributed by atoms with E-state index in [-0.39, 0.29) is 11.7 Å². The summed E-state index contributed by atoms with van der Waals surface area (Å²) in [6.45, 7) is 3.28. The number of carboxylic acids is 1. The number of hydrogen-bond acceptors (Lipinski definition) is 8. The van der Waals surface area contributed by atoms with Crippen molar-refractivity contribution in [1.29, 1.82) is 0 Å². The molecule has 1 saturated heterocycles. The fourth-order valence-corrected chi connectivity index (χ4v) is 4.58. The van der Waals surface area contributed by atoms with Gasteiger partial charge in [0.2, 0.25) is 0 Å². The summed E-state index contributed by atoms with van der Waals surface area (Å²) in [7, 11) is 0. The summed E-state index contributed by atoms with van der Waals surface area (Å²) >= 11 is 1.86. The van der Waals surface area contributed by atoms with Gasteiger partial charge in [-0.3, -0.25) is 14.3 Å². The molecule has 1 aliphatic rings. The Labute approximate surface area is 202 Å². The van der Waals surface area contributed by atoms with Crippen LogP contribution >= 0.6 is 11.8 Å². The Kier molecular flexibility index (Phi) is 8.56. The first-order valence-electron chi connectivity index (χ1n) is 11.5. The largest absolute Gasteiger partial charge is 0.476 e. The van der Waals surface area contributed by atoms with Gasteiger partial charge in [0.25, 0.3) is 0 Å². The molecule has 34 heavy (non-hydrogen) atoms. The lowest BCUT2D eigenvalue weighted by Gasteiger charge is -2.22. The summed E-state index contributed by atoms with van der Waals surface area (Å²) in [4.78, 5) is 16.5. The number of aromatic carboxylic acids is 1. The van der Waals surface area contributed by atoms with Crippen LogP contribution in [0.3, 0.4) is 0 Å². The van der Waals surface area contributed by atoms with Gasteiger partial charge >= 0.3 is 5.97 Å². The number of anilines is 1. The first-order chi connectivity index (χ1) is 16.6. The van der Waals surface area contributed by atoms with E-state index >= 15 is 0 Å². The number of pyridine rings is 1. The number of rotatable bonds is 12. The van der Waals surface area contributed by atoms with E-state index < -0.39 is 5.97 Å². The molecular weight excluding hydrogens is 454 g/mol. The third-order valence-corrected chi connectivity index (χ3v) is 6.74. The molecule has 0 unspecified atom stereocenters. The molecule has 0 bridgehead atoms. The lowest BCUT2D eigenvalue weighted by Crippen LogP contribution is -2.20. The summed E-state index contributed by atoms with van der Waals surface area (Å²) in [5.41, 5.74) is 8.63. The Bertz CT molecular complexity index is 1080. The minimum atomic E-state index is -1.05. The molecule has 0 aromatic carbocycles. The molecule has 4 heterocycles. The maximum absolute atomic E-state index is 11.7. The average Bonchev–Trinajstić information content (AvgIpc) is 3.51. The molecule has 10 nitrogen and oxygen atoms in total. The van der Waals surface area contributed by atoms with E-state index in [9.17, 15) is 9.90 Å². The highest BCUT2D eigenvalue weighted by Gasteiger charge is 2.22. The highest BCUT2D eigenvalue weighted by atomic mass is 32.2. The number of nitrogens with zero attached hydrogens (tertiary/aromatic N) is 5. The number of carbonyl (C=O) groups is 1. The second kappa shape index (κ2) is 12.0. The number of hydrogen-bond donors (Lipinski definition) is 3. The molecule has 11 heteroatoms. The summed E-state index contributed by atoms with van der Waals surface area (Å²) in [5, 5.41) is 21.6. The number of aromatic nitrogens is 5. The van der Waals surface area contributed by atoms with E-state index in [1.165, 1.54) is 0 Å². The molecule has 0 radical (unpaired) electrons.